The van der Waals surface area contributed by atoms with E-state index < -0.39 is 0 Å². The lowest BCUT2D eigenvalue weighted by Gasteiger charge is -2.30. The molecule has 1 aromatic heterocycles. The maximum atomic E-state index is 12.5. The molecular formula is C19H24N4OS. The minimum absolute atomic E-state index is 0.297. The number of aromatic nitrogens is 2. The second kappa shape index (κ2) is 7.52. The molecule has 0 spiro atoms. The Bertz CT molecular complexity index is 713. The lowest BCUT2D eigenvalue weighted by Crippen LogP contribution is -2.41. The molecule has 2 aliphatic rings. The second-order valence-corrected chi connectivity index (χ2v) is 7.68. The SMILES string of the molecule is O=C(C1CCC1)N1CCCN(c2nc(Cc3ccccc3)ns2)CC1. The fourth-order valence-corrected chi connectivity index (χ4v) is 4.20. The fraction of sp³-hybridized carbons (Fsp3) is 0.526. The lowest BCUT2D eigenvalue weighted by molar-refractivity contribution is -0.137. The molecule has 2 aromatic rings. The third kappa shape index (κ3) is 3.84. The Morgan fingerprint density at radius 2 is 1.92 bits per heavy atom. The van der Waals surface area contributed by atoms with Crippen LogP contribution in [0.5, 0.6) is 0 Å². The summed E-state index contributed by atoms with van der Waals surface area (Å²) in [6, 6.07) is 10.3. The first-order chi connectivity index (χ1) is 12.3. The molecule has 1 saturated heterocycles. The average molecular weight is 356 g/mol. The monoisotopic (exact) mass is 356 g/mol. The smallest absolute Gasteiger partial charge is 0.225 e. The largest absolute Gasteiger partial charge is 0.345 e. The topological polar surface area (TPSA) is 49.3 Å². The quantitative estimate of drug-likeness (QED) is 0.845. The van der Waals surface area contributed by atoms with Crippen molar-refractivity contribution in [1.82, 2.24) is 14.3 Å². The number of nitrogens with zero attached hydrogens (tertiary/aromatic N) is 4. The zero-order valence-electron chi connectivity index (χ0n) is 14.4. The van der Waals surface area contributed by atoms with Gasteiger partial charge in [-0.15, -0.1) is 0 Å². The van der Waals surface area contributed by atoms with Gasteiger partial charge in [0.1, 0.15) is 5.82 Å². The molecule has 1 aliphatic heterocycles. The zero-order valence-corrected chi connectivity index (χ0v) is 15.2. The highest BCUT2D eigenvalue weighted by Crippen LogP contribution is 2.29. The highest BCUT2D eigenvalue weighted by Gasteiger charge is 2.30. The maximum absolute atomic E-state index is 12.5. The van der Waals surface area contributed by atoms with E-state index in [0.717, 1.165) is 62.8 Å². The van der Waals surface area contributed by atoms with E-state index in [-0.39, 0.29) is 0 Å². The number of hydrogen-bond acceptors (Lipinski definition) is 5. The first kappa shape index (κ1) is 16.5. The summed E-state index contributed by atoms with van der Waals surface area (Å²) in [5.41, 5.74) is 1.24. The van der Waals surface area contributed by atoms with Crippen LogP contribution in [-0.4, -0.2) is 46.3 Å². The highest BCUT2D eigenvalue weighted by atomic mass is 32.1. The van der Waals surface area contributed by atoms with Gasteiger partial charge >= 0.3 is 0 Å². The summed E-state index contributed by atoms with van der Waals surface area (Å²) >= 11 is 1.48. The standard InChI is InChI=1S/C19H24N4OS/c24-18(16-8-4-9-16)22-10-5-11-23(13-12-22)19-20-17(21-25-19)14-15-6-2-1-3-7-15/h1-3,6-7,16H,4-5,8-14H2. The number of benzene rings is 1. The van der Waals surface area contributed by atoms with Gasteiger partial charge < -0.3 is 9.80 Å². The molecule has 6 heteroatoms. The molecule has 2 heterocycles. The molecule has 0 N–H and O–H groups in total. The lowest BCUT2D eigenvalue weighted by atomic mass is 9.84. The van der Waals surface area contributed by atoms with E-state index in [4.69, 9.17) is 4.98 Å². The van der Waals surface area contributed by atoms with Gasteiger partial charge in [0.2, 0.25) is 11.0 Å². The Hall–Kier alpha value is -1.95. The molecule has 1 aromatic carbocycles. The zero-order chi connectivity index (χ0) is 17.1. The van der Waals surface area contributed by atoms with Crippen LogP contribution in [0.1, 0.15) is 37.1 Å². The van der Waals surface area contributed by atoms with Gasteiger partial charge in [-0.05, 0) is 24.8 Å². The van der Waals surface area contributed by atoms with Crippen molar-refractivity contribution in [2.24, 2.45) is 5.92 Å². The van der Waals surface area contributed by atoms with Crippen molar-refractivity contribution in [3.05, 3.63) is 41.7 Å². The minimum Gasteiger partial charge on any atom is -0.345 e. The average Bonchev–Trinajstić information content (AvgIpc) is 2.89. The number of carbonyl (C=O) groups excluding carboxylic acids is 1. The van der Waals surface area contributed by atoms with Gasteiger partial charge in [-0.1, -0.05) is 36.8 Å². The van der Waals surface area contributed by atoms with Gasteiger partial charge in [-0.25, -0.2) is 4.98 Å². The molecule has 5 nitrogen and oxygen atoms in total. The minimum atomic E-state index is 0.297. The van der Waals surface area contributed by atoms with Crippen LogP contribution < -0.4 is 4.90 Å². The Morgan fingerprint density at radius 3 is 2.68 bits per heavy atom. The molecule has 2 fully saturated rings. The third-order valence-corrected chi connectivity index (χ3v) is 6.01. The predicted octanol–water partition coefficient (Wildman–Crippen LogP) is 2.97. The van der Waals surface area contributed by atoms with Crippen molar-refractivity contribution in [2.45, 2.75) is 32.1 Å². The first-order valence-electron chi connectivity index (χ1n) is 9.20. The van der Waals surface area contributed by atoms with Gasteiger partial charge in [0.25, 0.3) is 0 Å². The Kier molecular flexibility index (Phi) is 4.97. The van der Waals surface area contributed by atoms with Crippen LogP contribution >= 0.6 is 11.5 Å². The molecular weight excluding hydrogens is 332 g/mol. The Balaban J connectivity index is 1.36. The number of anilines is 1. The number of amides is 1. The number of carbonyl (C=O) groups is 1. The van der Waals surface area contributed by atoms with Crippen molar-refractivity contribution >= 4 is 22.6 Å². The van der Waals surface area contributed by atoms with Crippen LogP contribution in [0.2, 0.25) is 0 Å². The van der Waals surface area contributed by atoms with E-state index in [1.807, 2.05) is 18.2 Å². The van der Waals surface area contributed by atoms with E-state index in [1.54, 1.807) is 0 Å². The normalized spacial score (nSPS) is 18.7. The van der Waals surface area contributed by atoms with Crippen LogP contribution in [0.15, 0.2) is 30.3 Å². The second-order valence-electron chi connectivity index (χ2n) is 6.95. The van der Waals surface area contributed by atoms with Crippen LogP contribution in [0.4, 0.5) is 5.13 Å². The summed E-state index contributed by atoms with van der Waals surface area (Å²) in [6.45, 7) is 3.50. The fourth-order valence-electron chi connectivity index (χ4n) is 3.47. The van der Waals surface area contributed by atoms with Crippen molar-refractivity contribution in [3.63, 3.8) is 0 Å². The molecule has 0 unspecified atom stereocenters. The van der Waals surface area contributed by atoms with Crippen molar-refractivity contribution in [3.8, 4) is 0 Å². The van der Waals surface area contributed by atoms with Crippen LogP contribution in [0.25, 0.3) is 0 Å². The maximum Gasteiger partial charge on any atom is 0.225 e. The molecule has 0 atom stereocenters. The van der Waals surface area contributed by atoms with Crippen LogP contribution in [0.3, 0.4) is 0 Å². The van der Waals surface area contributed by atoms with Crippen molar-refractivity contribution < 1.29 is 4.79 Å². The molecule has 1 amide bonds. The Labute approximate surface area is 152 Å². The van der Waals surface area contributed by atoms with Crippen LogP contribution in [0, 0.1) is 5.92 Å². The first-order valence-corrected chi connectivity index (χ1v) is 9.97. The van der Waals surface area contributed by atoms with Gasteiger partial charge in [-0.3, -0.25) is 4.79 Å². The van der Waals surface area contributed by atoms with Gasteiger partial charge in [0, 0.05) is 50.1 Å². The van der Waals surface area contributed by atoms with E-state index in [1.165, 1.54) is 23.5 Å². The van der Waals surface area contributed by atoms with Gasteiger partial charge in [0.15, 0.2) is 0 Å². The summed E-state index contributed by atoms with van der Waals surface area (Å²) in [6.07, 6.45) is 5.16. The number of rotatable bonds is 4. The molecule has 1 saturated carbocycles. The summed E-state index contributed by atoms with van der Waals surface area (Å²) in [5, 5.41) is 0.990. The predicted molar refractivity (Wildman–Crippen MR) is 99.9 cm³/mol. The highest BCUT2D eigenvalue weighted by molar-refractivity contribution is 7.09. The van der Waals surface area contributed by atoms with Crippen LogP contribution in [-0.2, 0) is 11.2 Å². The molecule has 25 heavy (non-hydrogen) atoms. The van der Waals surface area contributed by atoms with E-state index in [9.17, 15) is 4.79 Å². The van der Waals surface area contributed by atoms with Gasteiger partial charge in [0.05, 0.1) is 0 Å². The van der Waals surface area contributed by atoms with E-state index in [2.05, 4.69) is 26.3 Å². The van der Waals surface area contributed by atoms with Gasteiger partial charge in [-0.2, -0.15) is 4.37 Å². The molecule has 1 aliphatic carbocycles. The third-order valence-electron chi connectivity index (χ3n) is 5.19. The van der Waals surface area contributed by atoms with Crippen molar-refractivity contribution in [1.29, 1.82) is 0 Å². The van der Waals surface area contributed by atoms with E-state index in [0.29, 0.717) is 11.8 Å². The molecule has 4 rings (SSSR count). The number of hydrogen-bond donors (Lipinski definition) is 0. The van der Waals surface area contributed by atoms with E-state index >= 15 is 0 Å². The molecule has 0 bridgehead atoms. The summed E-state index contributed by atoms with van der Waals surface area (Å²) in [5.74, 6) is 1.55. The Morgan fingerprint density at radius 1 is 1.08 bits per heavy atom. The van der Waals surface area contributed by atoms with Crippen molar-refractivity contribution in [2.75, 3.05) is 31.1 Å². The summed E-state index contributed by atoms with van der Waals surface area (Å²) in [7, 11) is 0. The molecule has 0 radical (unpaired) electrons. The summed E-state index contributed by atoms with van der Waals surface area (Å²) < 4.78 is 4.53. The molecule has 132 valence electrons. The summed E-state index contributed by atoms with van der Waals surface area (Å²) in [4.78, 5) is 21.6.